The van der Waals surface area contributed by atoms with Crippen molar-refractivity contribution in [3.63, 3.8) is 0 Å². The Morgan fingerprint density at radius 3 is 1.94 bits per heavy atom. The molecule has 0 saturated heterocycles. The minimum atomic E-state index is 0.500. The van der Waals surface area contributed by atoms with Gasteiger partial charge in [0.25, 0.3) is 0 Å². The number of rotatable bonds is 6. The van der Waals surface area contributed by atoms with Crippen LogP contribution in [-0.4, -0.2) is 24.3 Å². The largest absolute Gasteiger partial charge is 0.497 e. The van der Waals surface area contributed by atoms with E-state index in [1.807, 2.05) is 62.5 Å². The molecule has 1 heterocycles. The lowest BCUT2D eigenvalue weighted by molar-refractivity contribution is 0.371. The second-order valence-corrected chi connectivity index (χ2v) is 7.51. The maximum absolute atomic E-state index is 9.50. The number of ether oxygens (including phenoxy) is 1. The quantitative estimate of drug-likeness (QED) is 0.276. The van der Waals surface area contributed by atoms with E-state index in [9.17, 15) is 4.39 Å². The Hall–Kier alpha value is -3.92. The zero-order chi connectivity index (χ0) is 26.9. The van der Waals surface area contributed by atoms with Gasteiger partial charge in [0.1, 0.15) is 11.6 Å². The normalized spacial score (nSPS) is 9.31. The van der Waals surface area contributed by atoms with Crippen molar-refractivity contribution < 1.29 is 9.13 Å². The molecule has 1 N–H and O–H groups in total. The van der Waals surface area contributed by atoms with Crippen LogP contribution >= 0.6 is 0 Å². The van der Waals surface area contributed by atoms with Gasteiger partial charge in [-0.2, -0.15) is 0 Å². The van der Waals surface area contributed by atoms with Crippen LogP contribution in [0.2, 0.25) is 0 Å². The number of allylic oxidation sites excluding steroid dienone is 1. The standard InChI is InChI=1S/C16H14N2.C13H16O.C2H6.CH3F/c1-12-7-9-13(10-8-12)15-11-17-16(18-15)14-5-3-2-4-6-14;1-5-10(2)12-8-6-7-9-13(12)11(3)14-4;2*1-2/h2-11H,1H3,(H,17,18);6-9H,2-3,5H2,1,4H3;1-2H3;1H3. The summed E-state index contributed by atoms with van der Waals surface area (Å²) in [5, 5.41) is 0. The number of halogens is 1. The maximum atomic E-state index is 9.50. The summed E-state index contributed by atoms with van der Waals surface area (Å²) in [4.78, 5) is 7.78. The predicted octanol–water partition coefficient (Wildman–Crippen LogP) is 9.39. The molecule has 0 spiro atoms. The van der Waals surface area contributed by atoms with Crippen molar-refractivity contribution in [2.45, 2.75) is 34.1 Å². The Balaban J connectivity index is 0.000000325. The minimum Gasteiger partial charge on any atom is -0.497 e. The molecule has 1 aromatic heterocycles. The summed E-state index contributed by atoms with van der Waals surface area (Å²) < 4.78 is 14.6. The fraction of sp³-hybridized carbons (Fsp3) is 0.219. The summed E-state index contributed by atoms with van der Waals surface area (Å²) in [5.41, 5.74) is 7.85. The Bertz CT molecular complexity index is 1140. The van der Waals surface area contributed by atoms with Crippen molar-refractivity contribution >= 4 is 11.3 Å². The van der Waals surface area contributed by atoms with Gasteiger partial charge in [-0.3, -0.25) is 4.39 Å². The average molecular weight is 487 g/mol. The molecule has 0 atom stereocenters. The van der Waals surface area contributed by atoms with Crippen LogP contribution in [0.4, 0.5) is 4.39 Å². The second-order valence-electron chi connectivity index (χ2n) is 7.51. The van der Waals surface area contributed by atoms with E-state index in [1.54, 1.807) is 7.11 Å². The van der Waals surface area contributed by atoms with E-state index in [2.05, 4.69) is 73.4 Å². The van der Waals surface area contributed by atoms with Gasteiger partial charge in [-0.1, -0.05) is 118 Å². The summed E-state index contributed by atoms with van der Waals surface area (Å²) in [6.07, 6.45) is 2.82. The number of alkyl halides is 1. The molecular weight excluding hydrogens is 447 g/mol. The van der Waals surface area contributed by atoms with E-state index >= 15 is 0 Å². The Kier molecular flexibility index (Phi) is 13.9. The Labute approximate surface area is 216 Å². The molecule has 0 radical (unpaired) electrons. The smallest absolute Gasteiger partial charge is 0.137 e. The molecule has 0 unspecified atom stereocenters. The van der Waals surface area contributed by atoms with Gasteiger partial charge in [-0.15, -0.1) is 0 Å². The summed E-state index contributed by atoms with van der Waals surface area (Å²) in [6, 6.07) is 26.6. The number of methoxy groups -OCH3 is 1. The number of benzene rings is 3. The molecule has 0 bridgehead atoms. The van der Waals surface area contributed by atoms with Crippen molar-refractivity contribution in [2.75, 3.05) is 14.3 Å². The lowest BCUT2D eigenvalue weighted by Crippen LogP contribution is -1.92. The second kappa shape index (κ2) is 16.7. The topological polar surface area (TPSA) is 37.9 Å². The third-order valence-corrected chi connectivity index (χ3v) is 5.27. The van der Waals surface area contributed by atoms with E-state index in [1.165, 1.54) is 5.56 Å². The van der Waals surface area contributed by atoms with Crippen molar-refractivity contribution in [1.29, 1.82) is 0 Å². The first kappa shape index (κ1) is 30.1. The zero-order valence-electron chi connectivity index (χ0n) is 22.4. The molecule has 4 rings (SSSR count). The van der Waals surface area contributed by atoms with Crippen LogP contribution in [0.25, 0.3) is 34.0 Å². The van der Waals surface area contributed by atoms with E-state index < -0.39 is 0 Å². The molecule has 0 amide bonds. The zero-order valence-corrected chi connectivity index (χ0v) is 22.4. The summed E-state index contributed by atoms with van der Waals surface area (Å²) >= 11 is 0. The first-order valence-corrected chi connectivity index (χ1v) is 12.1. The molecule has 36 heavy (non-hydrogen) atoms. The Morgan fingerprint density at radius 1 is 0.833 bits per heavy atom. The van der Waals surface area contributed by atoms with Crippen LogP contribution in [0.5, 0.6) is 0 Å². The van der Waals surface area contributed by atoms with Crippen LogP contribution < -0.4 is 0 Å². The average Bonchev–Trinajstić information content (AvgIpc) is 3.46. The summed E-state index contributed by atoms with van der Waals surface area (Å²) in [7, 11) is 2.13. The summed E-state index contributed by atoms with van der Waals surface area (Å²) in [6.45, 7) is 16.1. The van der Waals surface area contributed by atoms with Gasteiger partial charge in [-0.25, -0.2) is 4.98 Å². The van der Waals surface area contributed by atoms with Crippen LogP contribution in [-0.2, 0) is 4.74 Å². The molecular formula is C32H39FN2O. The van der Waals surface area contributed by atoms with Crippen LogP contribution in [0, 0.1) is 6.92 Å². The maximum Gasteiger partial charge on any atom is 0.137 e. The highest BCUT2D eigenvalue weighted by Crippen LogP contribution is 2.25. The van der Waals surface area contributed by atoms with Crippen molar-refractivity contribution in [1.82, 2.24) is 9.97 Å². The first-order valence-electron chi connectivity index (χ1n) is 12.1. The lowest BCUT2D eigenvalue weighted by atomic mass is 9.98. The number of H-pyrrole nitrogens is 1. The third kappa shape index (κ3) is 8.70. The van der Waals surface area contributed by atoms with Crippen molar-refractivity contribution in [2.24, 2.45) is 0 Å². The van der Waals surface area contributed by atoms with Gasteiger partial charge in [-0.05, 0) is 30.0 Å². The van der Waals surface area contributed by atoms with Gasteiger partial charge < -0.3 is 9.72 Å². The first-order chi connectivity index (χ1) is 17.5. The van der Waals surface area contributed by atoms with Crippen LogP contribution in [0.1, 0.15) is 43.9 Å². The minimum absolute atomic E-state index is 0.500. The number of hydrogen-bond acceptors (Lipinski definition) is 2. The van der Waals surface area contributed by atoms with E-state index in [0.717, 1.165) is 45.8 Å². The van der Waals surface area contributed by atoms with E-state index in [0.29, 0.717) is 12.9 Å². The number of aromatic nitrogens is 2. The number of hydrogen-bond donors (Lipinski definition) is 1. The Morgan fingerprint density at radius 2 is 1.39 bits per heavy atom. The SMILES string of the molecule is C=C(CC)c1ccccc1C(=C)OC.CC.CF.Cc1ccc(-c2cnc(-c3ccccc3)[nH]2)cc1. The number of imidazole rings is 1. The van der Waals surface area contributed by atoms with Crippen LogP contribution in [0.15, 0.2) is 98.2 Å². The highest BCUT2D eigenvalue weighted by atomic mass is 19.1. The fourth-order valence-corrected chi connectivity index (χ4v) is 3.28. The third-order valence-electron chi connectivity index (χ3n) is 5.27. The highest BCUT2D eigenvalue weighted by Gasteiger charge is 2.07. The molecule has 190 valence electrons. The van der Waals surface area contributed by atoms with Crippen molar-refractivity contribution in [3.8, 4) is 22.6 Å². The number of nitrogens with one attached hydrogen (secondary N) is 1. The lowest BCUT2D eigenvalue weighted by Gasteiger charge is -2.11. The molecule has 0 saturated carbocycles. The van der Waals surface area contributed by atoms with Crippen LogP contribution in [0.3, 0.4) is 0 Å². The van der Waals surface area contributed by atoms with Gasteiger partial charge in [0, 0.05) is 11.1 Å². The van der Waals surface area contributed by atoms with Gasteiger partial charge in [0.05, 0.1) is 26.2 Å². The number of aryl methyl sites for hydroxylation is 1. The molecule has 3 aromatic carbocycles. The summed E-state index contributed by atoms with van der Waals surface area (Å²) in [5.74, 6) is 1.60. The molecule has 0 aliphatic rings. The number of aromatic amines is 1. The van der Waals surface area contributed by atoms with Gasteiger partial charge in [0.2, 0.25) is 0 Å². The molecule has 3 nitrogen and oxygen atoms in total. The molecule has 4 aromatic rings. The predicted molar refractivity (Wildman–Crippen MR) is 154 cm³/mol. The van der Waals surface area contributed by atoms with Gasteiger partial charge >= 0.3 is 0 Å². The molecule has 0 aliphatic heterocycles. The molecule has 4 heteroatoms. The fourth-order valence-electron chi connectivity index (χ4n) is 3.28. The highest BCUT2D eigenvalue weighted by molar-refractivity contribution is 5.75. The van der Waals surface area contributed by atoms with Crippen molar-refractivity contribution in [3.05, 3.63) is 115 Å². The van der Waals surface area contributed by atoms with E-state index in [-0.39, 0.29) is 0 Å². The number of nitrogens with zero attached hydrogens (tertiary/aromatic N) is 1. The monoisotopic (exact) mass is 486 g/mol. The van der Waals surface area contributed by atoms with E-state index in [4.69, 9.17) is 4.74 Å². The molecule has 0 aliphatic carbocycles. The molecule has 0 fully saturated rings. The van der Waals surface area contributed by atoms with Gasteiger partial charge in [0.15, 0.2) is 0 Å².